The Morgan fingerprint density at radius 3 is 2.28 bits per heavy atom. The van der Waals surface area contributed by atoms with E-state index in [1.807, 2.05) is 6.07 Å². The Labute approximate surface area is 151 Å². The van der Waals surface area contributed by atoms with Crippen molar-refractivity contribution in [2.45, 2.75) is 63.9 Å². The van der Waals surface area contributed by atoms with Gasteiger partial charge in [-0.05, 0) is 50.8 Å². The van der Waals surface area contributed by atoms with Crippen molar-refractivity contribution >= 4 is 0 Å². The number of nitrogens with zero attached hydrogens (tertiary/aromatic N) is 1. The van der Waals surface area contributed by atoms with E-state index in [0.29, 0.717) is 24.3 Å². The zero-order valence-corrected chi connectivity index (χ0v) is 16.0. The van der Waals surface area contributed by atoms with E-state index in [1.165, 1.54) is 12.0 Å². The molecule has 0 radical (unpaired) electrons. The van der Waals surface area contributed by atoms with Crippen molar-refractivity contribution in [1.82, 2.24) is 10.2 Å². The minimum atomic E-state index is 0.364. The second-order valence-electron chi connectivity index (χ2n) is 7.53. The van der Waals surface area contributed by atoms with Crippen LogP contribution in [0.25, 0.3) is 0 Å². The van der Waals surface area contributed by atoms with Crippen LogP contribution in [0.5, 0.6) is 11.5 Å². The third kappa shape index (κ3) is 5.09. The lowest BCUT2D eigenvalue weighted by atomic mass is 9.99. The molecule has 2 aliphatic heterocycles. The molecule has 0 amide bonds. The van der Waals surface area contributed by atoms with Crippen molar-refractivity contribution in [2.24, 2.45) is 0 Å². The monoisotopic (exact) mass is 348 g/mol. The molecule has 0 aliphatic carbocycles. The predicted molar refractivity (Wildman–Crippen MR) is 99.4 cm³/mol. The average Bonchev–Trinajstić information content (AvgIpc) is 3.00. The van der Waals surface area contributed by atoms with Gasteiger partial charge < -0.3 is 19.5 Å². The van der Waals surface area contributed by atoms with Gasteiger partial charge in [-0.25, -0.2) is 0 Å². The van der Waals surface area contributed by atoms with Gasteiger partial charge in [-0.1, -0.05) is 0 Å². The molecule has 1 N–H and O–H groups in total. The van der Waals surface area contributed by atoms with Crippen molar-refractivity contribution in [3.8, 4) is 11.5 Å². The third-order valence-corrected chi connectivity index (χ3v) is 5.26. The number of hydrogen-bond donors (Lipinski definition) is 1. The lowest BCUT2D eigenvalue weighted by Gasteiger charge is -2.34. The first kappa shape index (κ1) is 18.5. The lowest BCUT2D eigenvalue weighted by Crippen LogP contribution is -2.46. The first-order valence-electron chi connectivity index (χ1n) is 9.41. The maximum Gasteiger partial charge on any atom is 0.122 e. The Hall–Kier alpha value is -1.30. The van der Waals surface area contributed by atoms with Crippen molar-refractivity contribution in [3.63, 3.8) is 0 Å². The minimum absolute atomic E-state index is 0.364. The molecule has 0 bridgehead atoms. The van der Waals surface area contributed by atoms with Crippen LogP contribution in [0.1, 0.15) is 38.7 Å². The van der Waals surface area contributed by atoms with Gasteiger partial charge in [-0.3, -0.25) is 4.90 Å². The smallest absolute Gasteiger partial charge is 0.122 e. The molecule has 2 heterocycles. The summed E-state index contributed by atoms with van der Waals surface area (Å²) < 4.78 is 16.6. The Morgan fingerprint density at radius 1 is 1.04 bits per heavy atom. The second kappa shape index (κ2) is 8.39. The number of likely N-dealkylation sites (tertiary alicyclic amines) is 1. The second-order valence-corrected chi connectivity index (χ2v) is 7.53. The standard InChI is InChI=1S/C20H32N2O3/c1-14-7-18(8-15(2)25-14)21-17-5-6-22(13-17)12-16-9-19(23-3)11-20(10-16)24-4/h9-11,14-15,17-18,21H,5-8,12-13H2,1-4H3/t14-,15-,17-/m0/s1. The van der Waals surface area contributed by atoms with Crippen LogP contribution < -0.4 is 14.8 Å². The van der Waals surface area contributed by atoms with E-state index in [9.17, 15) is 0 Å². The summed E-state index contributed by atoms with van der Waals surface area (Å²) >= 11 is 0. The zero-order chi connectivity index (χ0) is 17.8. The predicted octanol–water partition coefficient (Wildman–Crippen LogP) is 2.82. The highest BCUT2D eigenvalue weighted by molar-refractivity contribution is 5.38. The maximum atomic E-state index is 5.85. The largest absolute Gasteiger partial charge is 0.497 e. The van der Waals surface area contributed by atoms with Crippen LogP contribution in [-0.2, 0) is 11.3 Å². The number of benzene rings is 1. The molecule has 0 aromatic heterocycles. The fourth-order valence-corrected chi connectivity index (χ4v) is 4.20. The van der Waals surface area contributed by atoms with Crippen LogP contribution >= 0.6 is 0 Å². The first-order valence-corrected chi connectivity index (χ1v) is 9.41. The Bertz CT molecular complexity index is 534. The van der Waals surface area contributed by atoms with E-state index in [2.05, 4.69) is 36.2 Å². The molecule has 1 aromatic rings. The van der Waals surface area contributed by atoms with Crippen molar-refractivity contribution in [2.75, 3.05) is 27.3 Å². The molecule has 0 spiro atoms. The van der Waals surface area contributed by atoms with Gasteiger partial charge in [0, 0.05) is 37.8 Å². The molecule has 0 saturated carbocycles. The van der Waals surface area contributed by atoms with Crippen molar-refractivity contribution in [1.29, 1.82) is 0 Å². The third-order valence-electron chi connectivity index (χ3n) is 5.26. The summed E-state index contributed by atoms with van der Waals surface area (Å²) in [6, 6.07) is 7.29. The van der Waals surface area contributed by atoms with Crippen LogP contribution in [0, 0.1) is 0 Å². The zero-order valence-electron chi connectivity index (χ0n) is 16.0. The summed E-state index contributed by atoms with van der Waals surface area (Å²) in [5, 5.41) is 3.87. The van der Waals surface area contributed by atoms with Crippen LogP contribution in [-0.4, -0.2) is 56.5 Å². The molecule has 3 rings (SSSR count). The minimum Gasteiger partial charge on any atom is -0.497 e. The fraction of sp³-hybridized carbons (Fsp3) is 0.700. The van der Waals surface area contributed by atoms with Crippen LogP contribution in [0.4, 0.5) is 0 Å². The molecule has 5 heteroatoms. The maximum absolute atomic E-state index is 5.85. The van der Waals surface area contributed by atoms with E-state index in [-0.39, 0.29) is 0 Å². The number of ether oxygens (including phenoxy) is 3. The molecule has 3 atom stereocenters. The normalized spacial score (nSPS) is 30.4. The highest BCUT2D eigenvalue weighted by Gasteiger charge is 2.29. The molecule has 2 aliphatic rings. The van der Waals surface area contributed by atoms with E-state index >= 15 is 0 Å². The van der Waals surface area contributed by atoms with Gasteiger partial charge in [-0.2, -0.15) is 0 Å². The number of nitrogens with one attached hydrogen (secondary N) is 1. The van der Waals surface area contributed by atoms with E-state index in [4.69, 9.17) is 14.2 Å². The Balaban J connectivity index is 1.53. The lowest BCUT2D eigenvalue weighted by molar-refractivity contribution is -0.0434. The van der Waals surface area contributed by atoms with Gasteiger partial charge in [-0.15, -0.1) is 0 Å². The Morgan fingerprint density at radius 2 is 1.68 bits per heavy atom. The molecule has 5 nitrogen and oxygen atoms in total. The molecule has 140 valence electrons. The molecular formula is C20H32N2O3. The topological polar surface area (TPSA) is 43.0 Å². The number of rotatable bonds is 6. The van der Waals surface area contributed by atoms with Gasteiger partial charge >= 0.3 is 0 Å². The van der Waals surface area contributed by atoms with Gasteiger partial charge in [0.2, 0.25) is 0 Å². The van der Waals surface area contributed by atoms with Gasteiger partial charge in [0.15, 0.2) is 0 Å². The molecule has 25 heavy (non-hydrogen) atoms. The van der Waals surface area contributed by atoms with Crippen LogP contribution in [0.2, 0.25) is 0 Å². The first-order chi connectivity index (χ1) is 12.1. The van der Waals surface area contributed by atoms with Crippen LogP contribution in [0.15, 0.2) is 18.2 Å². The molecule has 1 aromatic carbocycles. The van der Waals surface area contributed by atoms with Gasteiger partial charge in [0.1, 0.15) is 11.5 Å². The summed E-state index contributed by atoms with van der Waals surface area (Å²) in [4.78, 5) is 2.51. The average molecular weight is 348 g/mol. The molecule has 2 fully saturated rings. The summed E-state index contributed by atoms with van der Waals surface area (Å²) in [5.41, 5.74) is 1.24. The van der Waals surface area contributed by atoms with E-state index in [0.717, 1.165) is 44.0 Å². The summed E-state index contributed by atoms with van der Waals surface area (Å²) in [6.45, 7) is 7.53. The van der Waals surface area contributed by atoms with E-state index in [1.54, 1.807) is 14.2 Å². The summed E-state index contributed by atoms with van der Waals surface area (Å²) in [7, 11) is 3.40. The fourth-order valence-electron chi connectivity index (χ4n) is 4.20. The SMILES string of the molecule is COc1cc(CN2CC[C@H](NC3C[C@H](C)O[C@@H](C)C3)C2)cc(OC)c1. The van der Waals surface area contributed by atoms with Crippen molar-refractivity contribution < 1.29 is 14.2 Å². The van der Waals surface area contributed by atoms with Gasteiger partial charge in [0.05, 0.1) is 26.4 Å². The van der Waals surface area contributed by atoms with Gasteiger partial charge in [0.25, 0.3) is 0 Å². The quantitative estimate of drug-likeness (QED) is 0.856. The molecule has 0 unspecified atom stereocenters. The molecular weight excluding hydrogens is 316 g/mol. The summed E-state index contributed by atoms with van der Waals surface area (Å²) in [5.74, 6) is 1.71. The summed E-state index contributed by atoms with van der Waals surface area (Å²) in [6.07, 6.45) is 4.18. The van der Waals surface area contributed by atoms with E-state index < -0.39 is 0 Å². The number of methoxy groups -OCH3 is 2. The molecule has 2 saturated heterocycles. The Kier molecular flexibility index (Phi) is 6.20. The number of hydrogen-bond acceptors (Lipinski definition) is 5. The highest BCUT2D eigenvalue weighted by atomic mass is 16.5. The van der Waals surface area contributed by atoms with Crippen LogP contribution in [0.3, 0.4) is 0 Å². The van der Waals surface area contributed by atoms with Crippen molar-refractivity contribution in [3.05, 3.63) is 23.8 Å². The highest BCUT2D eigenvalue weighted by Crippen LogP contribution is 2.25.